The van der Waals surface area contributed by atoms with Crippen molar-refractivity contribution in [3.8, 4) is 0 Å². The second-order valence-corrected chi connectivity index (χ2v) is 5.40. The number of nitrogens with zero attached hydrogens (tertiary/aromatic N) is 1. The molecule has 5 nitrogen and oxygen atoms in total. The van der Waals surface area contributed by atoms with Gasteiger partial charge in [0.05, 0.1) is 0 Å². The van der Waals surface area contributed by atoms with Gasteiger partial charge in [-0.1, -0.05) is 32.3 Å². The van der Waals surface area contributed by atoms with Gasteiger partial charge < -0.3 is 21.4 Å². The summed E-state index contributed by atoms with van der Waals surface area (Å²) in [4.78, 5) is 0. The molecule has 0 amide bonds. The fourth-order valence-electron chi connectivity index (χ4n) is 1.87. The predicted molar refractivity (Wildman–Crippen MR) is 74.8 cm³/mol. The van der Waals surface area contributed by atoms with E-state index < -0.39 is 0 Å². The zero-order chi connectivity index (χ0) is 14.0. The first-order chi connectivity index (χ1) is 8.47. The molecule has 5 heteroatoms. The molecule has 0 fully saturated rings. The van der Waals surface area contributed by atoms with Crippen LogP contribution in [0, 0.1) is 5.41 Å². The second kappa shape index (κ2) is 9.16. The highest BCUT2D eigenvalue weighted by molar-refractivity contribution is 5.85. The van der Waals surface area contributed by atoms with E-state index in [4.69, 9.17) is 16.0 Å². The average molecular weight is 259 g/mol. The lowest BCUT2D eigenvalue weighted by molar-refractivity contribution is 0.261. The van der Waals surface area contributed by atoms with Crippen LogP contribution in [0.5, 0.6) is 0 Å². The van der Waals surface area contributed by atoms with E-state index in [0.717, 1.165) is 38.6 Å². The van der Waals surface area contributed by atoms with E-state index >= 15 is 0 Å². The Hall–Kier alpha value is -0.810. The smallest absolute Gasteiger partial charge is 0.144 e. The Kier molecular flexibility index (Phi) is 8.75. The molecule has 0 aromatic carbocycles. The van der Waals surface area contributed by atoms with Gasteiger partial charge in [0.1, 0.15) is 5.84 Å². The summed E-state index contributed by atoms with van der Waals surface area (Å²) in [6.45, 7) is 7.27. The van der Waals surface area contributed by atoms with Crippen molar-refractivity contribution in [2.45, 2.75) is 58.9 Å². The standard InChI is InChI=1S/C13H29N3O2/c1-4-11(7-10-17)15-9-6-5-8-13(2,3)12(14)16-18/h11,15,17-18H,4-10H2,1-3H3,(H2,14,16). The molecule has 108 valence electrons. The SMILES string of the molecule is CCC(CCO)NCCCCC(C)(C)C(N)=NO. The van der Waals surface area contributed by atoms with E-state index in [1.54, 1.807) is 0 Å². The molecule has 1 unspecified atom stereocenters. The molecule has 0 saturated heterocycles. The maximum atomic E-state index is 8.87. The molecule has 0 rings (SSSR count). The fourth-order valence-corrected chi connectivity index (χ4v) is 1.87. The van der Waals surface area contributed by atoms with Crippen molar-refractivity contribution in [3.05, 3.63) is 0 Å². The average Bonchev–Trinajstić information content (AvgIpc) is 2.35. The summed E-state index contributed by atoms with van der Waals surface area (Å²) in [5, 5.41) is 24.0. The van der Waals surface area contributed by atoms with E-state index in [9.17, 15) is 0 Å². The summed E-state index contributed by atoms with van der Waals surface area (Å²) in [6.07, 6.45) is 4.85. The van der Waals surface area contributed by atoms with Crippen LogP contribution in [0.2, 0.25) is 0 Å². The lowest BCUT2D eigenvalue weighted by atomic mass is 9.86. The quantitative estimate of drug-likeness (QED) is 0.158. The topological polar surface area (TPSA) is 90.9 Å². The Balaban J connectivity index is 3.74. The molecular weight excluding hydrogens is 230 g/mol. The Bertz CT molecular complexity index is 242. The molecule has 0 radical (unpaired) electrons. The van der Waals surface area contributed by atoms with Gasteiger partial charge in [-0.15, -0.1) is 0 Å². The minimum atomic E-state index is -0.246. The summed E-state index contributed by atoms with van der Waals surface area (Å²) >= 11 is 0. The number of aliphatic hydroxyl groups excluding tert-OH is 1. The lowest BCUT2D eigenvalue weighted by Crippen LogP contribution is -2.33. The third-order valence-corrected chi connectivity index (χ3v) is 3.43. The minimum Gasteiger partial charge on any atom is -0.409 e. The first kappa shape index (κ1) is 17.2. The van der Waals surface area contributed by atoms with Crippen LogP contribution in [0.4, 0.5) is 0 Å². The molecule has 0 aromatic heterocycles. The molecular formula is C13H29N3O2. The first-order valence-electron chi connectivity index (χ1n) is 6.80. The molecule has 1 atom stereocenters. The highest BCUT2D eigenvalue weighted by Crippen LogP contribution is 2.23. The summed E-state index contributed by atoms with van der Waals surface area (Å²) in [6, 6.07) is 0.409. The van der Waals surface area contributed by atoms with Crippen LogP contribution in [0.15, 0.2) is 5.16 Å². The van der Waals surface area contributed by atoms with Gasteiger partial charge in [-0.3, -0.25) is 0 Å². The number of hydrogen-bond acceptors (Lipinski definition) is 4. The summed E-state index contributed by atoms with van der Waals surface area (Å²) < 4.78 is 0. The van der Waals surface area contributed by atoms with Gasteiger partial charge >= 0.3 is 0 Å². The third kappa shape index (κ3) is 6.81. The molecule has 0 saturated carbocycles. The van der Waals surface area contributed by atoms with Crippen molar-refractivity contribution in [1.29, 1.82) is 0 Å². The molecule has 0 aliphatic heterocycles. The van der Waals surface area contributed by atoms with Crippen molar-refractivity contribution in [2.24, 2.45) is 16.3 Å². The van der Waals surface area contributed by atoms with Crippen LogP contribution in [0.25, 0.3) is 0 Å². The van der Waals surface area contributed by atoms with Gasteiger partial charge in [-0.05, 0) is 32.2 Å². The highest BCUT2D eigenvalue weighted by atomic mass is 16.4. The monoisotopic (exact) mass is 259 g/mol. The number of hydrogen-bond donors (Lipinski definition) is 4. The third-order valence-electron chi connectivity index (χ3n) is 3.43. The van der Waals surface area contributed by atoms with Gasteiger partial charge in [0.15, 0.2) is 0 Å². The van der Waals surface area contributed by atoms with Gasteiger partial charge in [0.25, 0.3) is 0 Å². The van der Waals surface area contributed by atoms with E-state index in [0.29, 0.717) is 11.9 Å². The van der Waals surface area contributed by atoms with E-state index in [-0.39, 0.29) is 12.0 Å². The first-order valence-corrected chi connectivity index (χ1v) is 6.80. The van der Waals surface area contributed by atoms with E-state index in [2.05, 4.69) is 17.4 Å². The number of oxime groups is 1. The maximum absolute atomic E-state index is 8.87. The number of nitrogens with one attached hydrogen (secondary N) is 1. The molecule has 0 aliphatic rings. The normalized spacial score (nSPS) is 14.8. The van der Waals surface area contributed by atoms with Crippen LogP contribution < -0.4 is 11.1 Å². The Morgan fingerprint density at radius 3 is 2.56 bits per heavy atom. The molecule has 0 aliphatic carbocycles. The molecule has 18 heavy (non-hydrogen) atoms. The zero-order valence-corrected chi connectivity index (χ0v) is 11.9. The van der Waals surface area contributed by atoms with E-state index in [1.807, 2.05) is 13.8 Å². The lowest BCUT2D eigenvalue weighted by Gasteiger charge is -2.23. The fraction of sp³-hybridized carbons (Fsp3) is 0.923. The highest BCUT2D eigenvalue weighted by Gasteiger charge is 2.22. The predicted octanol–water partition coefficient (Wildman–Crippen LogP) is 1.68. The largest absolute Gasteiger partial charge is 0.409 e. The summed E-state index contributed by atoms with van der Waals surface area (Å²) in [5.41, 5.74) is 5.39. The summed E-state index contributed by atoms with van der Waals surface area (Å²) in [7, 11) is 0. The van der Waals surface area contributed by atoms with Crippen LogP contribution in [0.3, 0.4) is 0 Å². The van der Waals surface area contributed by atoms with Crippen LogP contribution in [-0.4, -0.2) is 35.3 Å². The molecule has 0 bridgehead atoms. The van der Waals surface area contributed by atoms with Gasteiger partial charge in [0.2, 0.25) is 0 Å². The van der Waals surface area contributed by atoms with Crippen molar-refractivity contribution in [1.82, 2.24) is 5.32 Å². The van der Waals surface area contributed by atoms with Crippen molar-refractivity contribution in [2.75, 3.05) is 13.2 Å². The van der Waals surface area contributed by atoms with E-state index in [1.165, 1.54) is 0 Å². The van der Waals surface area contributed by atoms with Crippen LogP contribution in [0.1, 0.15) is 52.9 Å². The van der Waals surface area contributed by atoms with Gasteiger partial charge in [0, 0.05) is 18.1 Å². The van der Waals surface area contributed by atoms with Crippen molar-refractivity contribution in [3.63, 3.8) is 0 Å². The van der Waals surface area contributed by atoms with Crippen molar-refractivity contribution >= 4 is 5.84 Å². The zero-order valence-electron chi connectivity index (χ0n) is 11.9. The minimum absolute atomic E-state index is 0.238. The van der Waals surface area contributed by atoms with Crippen LogP contribution in [-0.2, 0) is 0 Å². The number of unbranched alkanes of at least 4 members (excludes halogenated alkanes) is 1. The van der Waals surface area contributed by atoms with Gasteiger partial charge in [-0.2, -0.15) is 0 Å². The van der Waals surface area contributed by atoms with Crippen molar-refractivity contribution < 1.29 is 10.3 Å². The van der Waals surface area contributed by atoms with Gasteiger partial charge in [-0.25, -0.2) is 0 Å². The number of rotatable bonds is 10. The number of aliphatic hydroxyl groups is 1. The number of amidine groups is 1. The maximum Gasteiger partial charge on any atom is 0.144 e. The second-order valence-electron chi connectivity index (χ2n) is 5.40. The molecule has 0 heterocycles. The Morgan fingerprint density at radius 1 is 1.39 bits per heavy atom. The van der Waals surface area contributed by atoms with Crippen LogP contribution >= 0.6 is 0 Å². The number of nitrogens with two attached hydrogens (primary N) is 1. The summed E-state index contributed by atoms with van der Waals surface area (Å²) in [5.74, 6) is 0.294. The molecule has 0 aromatic rings. The Labute approximate surface area is 110 Å². The molecule has 5 N–H and O–H groups in total. The molecule has 0 spiro atoms. The Morgan fingerprint density at radius 2 is 2.06 bits per heavy atom.